The highest BCUT2D eigenvalue weighted by molar-refractivity contribution is 5.91. The third-order valence-corrected chi connectivity index (χ3v) is 2.99. The van der Waals surface area contributed by atoms with E-state index in [-0.39, 0.29) is 12.4 Å². The van der Waals surface area contributed by atoms with Gasteiger partial charge in [0.25, 0.3) is 5.91 Å². The molecular weight excluding hydrogens is 277 g/mol. The molecule has 0 spiro atoms. The normalized spacial score (nSPS) is 12.1. The van der Waals surface area contributed by atoms with Crippen molar-refractivity contribution in [2.45, 2.75) is 19.6 Å². The van der Waals surface area contributed by atoms with Gasteiger partial charge in [0.05, 0.1) is 6.04 Å². The van der Waals surface area contributed by atoms with Crippen molar-refractivity contribution in [3.8, 4) is 5.75 Å². The summed E-state index contributed by atoms with van der Waals surface area (Å²) in [7, 11) is 1.53. The van der Waals surface area contributed by atoms with Gasteiger partial charge in [-0.15, -0.1) is 0 Å². The third-order valence-electron chi connectivity index (χ3n) is 2.99. The molecule has 1 amide bonds. The minimum Gasteiger partial charge on any atom is -0.505 e. The van der Waals surface area contributed by atoms with Crippen LogP contribution in [0.5, 0.6) is 5.75 Å². The maximum absolute atomic E-state index is 13.3. The van der Waals surface area contributed by atoms with Gasteiger partial charge in [-0.05, 0) is 36.8 Å². The Morgan fingerprint density at radius 2 is 2.19 bits per heavy atom. The van der Waals surface area contributed by atoms with E-state index >= 15 is 0 Å². The predicted molar refractivity (Wildman–Crippen MR) is 73.4 cm³/mol. The van der Waals surface area contributed by atoms with Crippen LogP contribution >= 0.6 is 0 Å². The van der Waals surface area contributed by atoms with E-state index in [0.29, 0.717) is 11.3 Å². The number of methoxy groups -OCH3 is 1. The van der Waals surface area contributed by atoms with Crippen molar-refractivity contribution in [2.75, 3.05) is 7.11 Å². The van der Waals surface area contributed by atoms with Crippen molar-refractivity contribution in [3.63, 3.8) is 0 Å². The number of aromatic hydroxyl groups is 1. The second-order valence-corrected chi connectivity index (χ2v) is 4.60. The van der Waals surface area contributed by atoms with Gasteiger partial charge in [-0.1, -0.05) is 6.07 Å². The predicted octanol–water partition coefficient (Wildman–Crippen LogP) is 2.76. The van der Waals surface area contributed by atoms with Gasteiger partial charge in [-0.25, -0.2) is 4.39 Å². The molecule has 0 saturated carbocycles. The number of phenolic OH excluding ortho intramolecular Hbond substituents is 1. The number of furan rings is 1. The number of rotatable bonds is 5. The first kappa shape index (κ1) is 15.1. The van der Waals surface area contributed by atoms with E-state index in [9.17, 15) is 9.18 Å². The fraction of sp³-hybridized carbons (Fsp3) is 0.267. The molecule has 1 heterocycles. The average molecular weight is 293 g/mol. The van der Waals surface area contributed by atoms with Crippen LogP contribution in [0.3, 0.4) is 0 Å². The first-order chi connectivity index (χ1) is 10.0. The molecule has 2 rings (SSSR count). The summed E-state index contributed by atoms with van der Waals surface area (Å²) >= 11 is 0. The van der Waals surface area contributed by atoms with E-state index in [1.807, 2.05) is 0 Å². The number of nitrogens with one attached hydrogen (secondary N) is 1. The van der Waals surface area contributed by atoms with E-state index in [0.717, 1.165) is 0 Å². The molecule has 1 atom stereocenters. The van der Waals surface area contributed by atoms with Crippen LogP contribution in [0.2, 0.25) is 0 Å². The zero-order valence-corrected chi connectivity index (χ0v) is 11.7. The molecule has 21 heavy (non-hydrogen) atoms. The topological polar surface area (TPSA) is 71.7 Å². The Bertz CT molecular complexity index is 638. The van der Waals surface area contributed by atoms with Crippen molar-refractivity contribution in [1.29, 1.82) is 0 Å². The average Bonchev–Trinajstić information content (AvgIpc) is 2.91. The Hall–Kier alpha value is -2.34. The highest BCUT2D eigenvalue weighted by Crippen LogP contribution is 2.21. The highest BCUT2D eigenvalue weighted by Gasteiger charge is 2.16. The van der Waals surface area contributed by atoms with Gasteiger partial charge >= 0.3 is 0 Å². The molecule has 2 N–H and O–H groups in total. The molecule has 0 radical (unpaired) electrons. The summed E-state index contributed by atoms with van der Waals surface area (Å²) in [4.78, 5) is 12.0. The molecule has 0 saturated heterocycles. The van der Waals surface area contributed by atoms with Crippen molar-refractivity contribution < 1.29 is 23.4 Å². The number of carbonyl (C=O) groups excluding carboxylic acids is 1. The van der Waals surface area contributed by atoms with E-state index in [1.54, 1.807) is 25.1 Å². The zero-order valence-electron chi connectivity index (χ0n) is 11.7. The zero-order chi connectivity index (χ0) is 15.4. The fourth-order valence-corrected chi connectivity index (χ4v) is 1.86. The summed E-state index contributed by atoms with van der Waals surface area (Å²) in [5.74, 6) is -0.848. The van der Waals surface area contributed by atoms with E-state index < -0.39 is 23.5 Å². The van der Waals surface area contributed by atoms with Gasteiger partial charge < -0.3 is 19.6 Å². The molecule has 0 aliphatic heterocycles. The van der Waals surface area contributed by atoms with Crippen molar-refractivity contribution in [2.24, 2.45) is 0 Å². The lowest BCUT2D eigenvalue weighted by Crippen LogP contribution is -2.26. The van der Waals surface area contributed by atoms with Crippen LogP contribution in [0, 0.1) is 5.82 Å². The van der Waals surface area contributed by atoms with Gasteiger partial charge in [0.15, 0.2) is 17.3 Å². The maximum Gasteiger partial charge on any atom is 0.287 e. The first-order valence-corrected chi connectivity index (χ1v) is 6.38. The number of halogens is 1. The van der Waals surface area contributed by atoms with Crippen LogP contribution in [0.4, 0.5) is 4.39 Å². The largest absolute Gasteiger partial charge is 0.505 e. The number of amides is 1. The van der Waals surface area contributed by atoms with E-state index in [1.165, 1.54) is 19.2 Å². The second kappa shape index (κ2) is 6.41. The van der Waals surface area contributed by atoms with Crippen molar-refractivity contribution in [3.05, 3.63) is 53.2 Å². The van der Waals surface area contributed by atoms with Crippen LogP contribution in [-0.4, -0.2) is 18.1 Å². The van der Waals surface area contributed by atoms with Gasteiger partial charge in [-0.3, -0.25) is 4.79 Å². The molecule has 1 aromatic carbocycles. The minimum atomic E-state index is -0.728. The highest BCUT2D eigenvalue weighted by atomic mass is 19.1. The lowest BCUT2D eigenvalue weighted by molar-refractivity contribution is 0.0903. The summed E-state index contributed by atoms with van der Waals surface area (Å²) in [6.45, 7) is 1.99. The Kier molecular flexibility index (Phi) is 4.59. The minimum absolute atomic E-state index is 0.160. The van der Waals surface area contributed by atoms with Crippen molar-refractivity contribution >= 4 is 5.91 Å². The molecule has 0 bridgehead atoms. The van der Waals surface area contributed by atoms with Crippen LogP contribution in [0.15, 0.2) is 34.7 Å². The van der Waals surface area contributed by atoms with Crippen LogP contribution < -0.4 is 5.32 Å². The van der Waals surface area contributed by atoms with E-state index in [2.05, 4.69) is 5.32 Å². The Morgan fingerprint density at radius 3 is 2.86 bits per heavy atom. The smallest absolute Gasteiger partial charge is 0.287 e. The molecule has 0 aliphatic rings. The molecule has 1 aromatic heterocycles. The summed E-state index contributed by atoms with van der Waals surface area (Å²) in [6.07, 6.45) is 0. The number of benzene rings is 1. The molecule has 0 fully saturated rings. The molecule has 6 heteroatoms. The molecule has 0 unspecified atom stereocenters. The number of carbonyl (C=O) groups is 1. The summed E-state index contributed by atoms with van der Waals surface area (Å²) < 4.78 is 23.5. The Labute approximate surface area is 121 Å². The van der Waals surface area contributed by atoms with E-state index in [4.69, 9.17) is 14.3 Å². The van der Waals surface area contributed by atoms with Gasteiger partial charge in [0.2, 0.25) is 0 Å². The Balaban J connectivity index is 2.05. The summed E-state index contributed by atoms with van der Waals surface area (Å²) in [6, 6.07) is 6.75. The monoisotopic (exact) mass is 293 g/mol. The van der Waals surface area contributed by atoms with Crippen LogP contribution in [0.25, 0.3) is 0 Å². The van der Waals surface area contributed by atoms with Gasteiger partial charge in [-0.2, -0.15) is 0 Å². The number of hydrogen-bond donors (Lipinski definition) is 2. The number of hydrogen-bond acceptors (Lipinski definition) is 4. The molecule has 0 aliphatic carbocycles. The molecule has 112 valence electrons. The summed E-state index contributed by atoms with van der Waals surface area (Å²) in [5, 5.41) is 11.8. The standard InChI is InChI=1S/C15H16FNO4/c1-9(10-3-5-13(18)12(16)7-10)17-15(19)14-6-4-11(21-14)8-20-2/h3-7,9,18H,8H2,1-2H3,(H,17,19)/t9-/m0/s1. The first-order valence-electron chi connectivity index (χ1n) is 6.38. The van der Waals surface area contributed by atoms with Crippen molar-refractivity contribution in [1.82, 2.24) is 5.32 Å². The third kappa shape index (κ3) is 3.61. The maximum atomic E-state index is 13.3. The fourth-order valence-electron chi connectivity index (χ4n) is 1.86. The quantitative estimate of drug-likeness (QED) is 0.889. The van der Waals surface area contributed by atoms with Gasteiger partial charge in [0.1, 0.15) is 12.4 Å². The van der Waals surface area contributed by atoms with Crippen LogP contribution in [0.1, 0.15) is 34.8 Å². The lowest BCUT2D eigenvalue weighted by atomic mass is 10.1. The molecule has 2 aromatic rings. The summed E-state index contributed by atoms with van der Waals surface area (Å²) in [5.41, 5.74) is 0.544. The number of phenols is 1. The van der Waals surface area contributed by atoms with Gasteiger partial charge in [0, 0.05) is 7.11 Å². The number of ether oxygens (including phenoxy) is 1. The molecule has 5 nitrogen and oxygen atoms in total. The molecular formula is C15H16FNO4. The second-order valence-electron chi connectivity index (χ2n) is 4.60. The lowest BCUT2D eigenvalue weighted by Gasteiger charge is -2.13. The van der Waals surface area contributed by atoms with Crippen LogP contribution in [-0.2, 0) is 11.3 Å². The Morgan fingerprint density at radius 1 is 1.43 bits per heavy atom. The SMILES string of the molecule is COCc1ccc(C(=O)N[C@@H](C)c2ccc(O)c(F)c2)o1.